The highest BCUT2D eigenvalue weighted by molar-refractivity contribution is 8.00. The van der Waals surface area contributed by atoms with E-state index in [1.165, 1.54) is 11.8 Å². The highest BCUT2D eigenvalue weighted by Crippen LogP contribution is 2.38. The van der Waals surface area contributed by atoms with Crippen LogP contribution < -0.4 is 0 Å². The van der Waals surface area contributed by atoms with Crippen molar-refractivity contribution in [1.29, 1.82) is 0 Å². The maximum absolute atomic E-state index is 10.5. The van der Waals surface area contributed by atoms with E-state index in [1.807, 2.05) is 30.3 Å². The first kappa shape index (κ1) is 11.7. The molecule has 1 unspecified atom stereocenters. The Morgan fingerprint density at radius 1 is 1.36 bits per heavy atom. The van der Waals surface area contributed by atoms with Crippen LogP contribution >= 0.6 is 20.0 Å². The maximum Gasteiger partial charge on any atom is 0.696 e. The van der Waals surface area contributed by atoms with Gasteiger partial charge in [0.2, 0.25) is 0 Å². The Bertz CT molecular complexity index is 313. The van der Waals surface area contributed by atoms with Gasteiger partial charge >= 0.3 is 8.25 Å². The van der Waals surface area contributed by atoms with Gasteiger partial charge in [-0.05, 0) is 26.0 Å². The topological polar surface area (TPSA) is 46.5 Å². The normalized spacial score (nSPS) is 12.6. The van der Waals surface area contributed by atoms with Gasteiger partial charge < -0.3 is 0 Å². The highest BCUT2D eigenvalue weighted by atomic mass is 32.2. The Morgan fingerprint density at radius 2 is 1.93 bits per heavy atom. The molecule has 1 rings (SSSR count). The first-order chi connectivity index (χ1) is 6.49. The fraction of sp³-hybridized carbons (Fsp3) is 0.333. The van der Waals surface area contributed by atoms with Crippen molar-refractivity contribution in [2.24, 2.45) is 0 Å². The van der Waals surface area contributed by atoms with Gasteiger partial charge in [0.15, 0.2) is 4.93 Å². The summed E-state index contributed by atoms with van der Waals surface area (Å²) in [6, 6.07) is 9.61. The zero-order valence-corrected chi connectivity index (χ0v) is 9.72. The molecule has 0 aliphatic heterocycles. The molecule has 0 radical (unpaired) electrons. The van der Waals surface area contributed by atoms with Crippen molar-refractivity contribution in [3.8, 4) is 0 Å². The lowest BCUT2D eigenvalue weighted by atomic mass is 10.4. The minimum atomic E-state index is -2.56. The Balaban J connectivity index is 2.63. The summed E-state index contributed by atoms with van der Waals surface area (Å²) in [4.78, 5) is 8.96. The molecule has 0 fully saturated rings. The van der Waals surface area contributed by atoms with E-state index in [0.29, 0.717) is 0 Å². The fourth-order valence-corrected chi connectivity index (χ4v) is 2.56. The molecule has 1 atom stereocenters. The van der Waals surface area contributed by atoms with Gasteiger partial charge in [-0.3, -0.25) is 0 Å². The molecule has 0 amide bonds. The zero-order chi connectivity index (χ0) is 10.6. The number of rotatable bonds is 4. The van der Waals surface area contributed by atoms with Crippen LogP contribution in [0.2, 0.25) is 0 Å². The predicted molar refractivity (Wildman–Crippen MR) is 57.3 cm³/mol. The third-order valence-corrected chi connectivity index (χ3v) is 3.22. The Labute approximate surface area is 88.4 Å². The molecule has 5 heteroatoms. The summed E-state index contributed by atoms with van der Waals surface area (Å²) < 4.78 is 15.4. The van der Waals surface area contributed by atoms with E-state index in [2.05, 4.69) is 0 Å². The Kier molecular flexibility index (Phi) is 4.08. The van der Waals surface area contributed by atoms with E-state index >= 15 is 0 Å². The summed E-state index contributed by atoms with van der Waals surface area (Å²) >= 11 is 1.41. The minimum Gasteiger partial charge on any atom is -0.133 e. The lowest BCUT2D eigenvalue weighted by molar-refractivity contribution is 0.192. The second-order valence-electron chi connectivity index (χ2n) is 3.14. The van der Waals surface area contributed by atoms with Crippen LogP contribution in [0.5, 0.6) is 0 Å². The Morgan fingerprint density at radius 3 is 2.43 bits per heavy atom. The maximum atomic E-state index is 10.5. The summed E-state index contributed by atoms with van der Waals surface area (Å²) in [6.45, 7) is 3.52. The zero-order valence-electron chi connectivity index (χ0n) is 8.01. The lowest BCUT2D eigenvalue weighted by Gasteiger charge is -2.15. The van der Waals surface area contributed by atoms with Gasteiger partial charge in [0.25, 0.3) is 0 Å². The smallest absolute Gasteiger partial charge is 0.133 e. The van der Waals surface area contributed by atoms with E-state index in [0.717, 1.165) is 4.90 Å². The second-order valence-corrected chi connectivity index (χ2v) is 5.46. The molecule has 0 saturated heterocycles. The second kappa shape index (κ2) is 4.89. The summed E-state index contributed by atoms with van der Waals surface area (Å²) in [6.07, 6.45) is 0. The molecule has 1 aromatic rings. The number of hydrogen-bond donors (Lipinski definition) is 1. The molecule has 0 bridgehead atoms. The van der Waals surface area contributed by atoms with Crippen LogP contribution in [0, 0.1) is 0 Å². The van der Waals surface area contributed by atoms with Crippen molar-refractivity contribution in [3.05, 3.63) is 30.3 Å². The number of hydrogen-bond acceptors (Lipinski definition) is 3. The van der Waals surface area contributed by atoms with E-state index < -0.39 is 13.2 Å². The molecule has 76 valence electrons. The monoisotopic (exact) mass is 231 g/mol. The quantitative estimate of drug-likeness (QED) is 0.491. The largest absolute Gasteiger partial charge is 0.696 e. The van der Waals surface area contributed by atoms with Gasteiger partial charge in [0, 0.05) is 9.46 Å². The van der Waals surface area contributed by atoms with E-state index in [1.54, 1.807) is 13.8 Å². The summed E-state index contributed by atoms with van der Waals surface area (Å²) in [7, 11) is -2.56. The van der Waals surface area contributed by atoms with Crippen molar-refractivity contribution in [2.45, 2.75) is 23.7 Å². The SMILES string of the molecule is CC(C)(O[P+](=O)O)Sc1ccccc1. The van der Waals surface area contributed by atoms with Crippen LogP contribution in [0.1, 0.15) is 13.8 Å². The molecule has 0 aromatic heterocycles. The molecule has 14 heavy (non-hydrogen) atoms. The first-order valence-electron chi connectivity index (χ1n) is 4.09. The Hall–Kier alpha value is -0.410. The van der Waals surface area contributed by atoms with Gasteiger partial charge in [0.05, 0.1) is 0 Å². The van der Waals surface area contributed by atoms with Crippen LogP contribution in [0.3, 0.4) is 0 Å². The first-order valence-corrected chi connectivity index (χ1v) is 6.03. The van der Waals surface area contributed by atoms with E-state index in [9.17, 15) is 4.57 Å². The standard InChI is InChI=1S/C9H11O3PS/c1-9(2,12-13(10)11)14-8-6-4-3-5-7-8/h3-7H,1-2H3/p+1. The van der Waals surface area contributed by atoms with Crippen molar-refractivity contribution in [3.63, 3.8) is 0 Å². The fourth-order valence-electron chi connectivity index (χ4n) is 0.979. The van der Waals surface area contributed by atoms with E-state index in [-0.39, 0.29) is 0 Å². The molecule has 0 aliphatic carbocycles. The minimum absolute atomic E-state index is 0.691. The van der Waals surface area contributed by atoms with Crippen LogP contribution in [0.4, 0.5) is 0 Å². The third kappa shape index (κ3) is 4.20. The van der Waals surface area contributed by atoms with Gasteiger partial charge in [-0.25, -0.2) is 0 Å². The summed E-state index contributed by atoms with van der Waals surface area (Å²) in [5, 5.41) is 0. The van der Waals surface area contributed by atoms with Gasteiger partial charge in [-0.1, -0.05) is 30.0 Å². The van der Waals surface area contributed by atoms with Crippen molar-refractivity contribution in [2.75, 3.05) is 0 Å². The molecule has 1 N–H and O–H groups in total. The lowest BCUT2D eigenvalue weighted by Crippen LogP contribution is -2.15. The van der Waals surface area contributed by atoms with Crippen LogP contribution in [-0.4, -0.2) is 9.83 Å². The predicted octanol–water partition coefficient (Wildman–Crippen LogP) is 3.18. The molecule has 0 aliphatic rings. The van der Waals surface area contributed by atoms with Gasteiger partial charge in [-0.15, -0.1) is 9.42 Å². The average Bonchev–Trinajstić information content (AvgIpc) is 2.02. The number of benzene rings is 1. The third-order valence-electron chi connectivity index (χ3n) is 1.40. The molecular weight excluding hydrogens is 219 g/mol. The van der Waals surface area contributed by atoms with Crippen molar-refractivity contribution >= 4 is 20.0 Å². The average molecular weight is 231 g/mol. The van der Waals surface area contributed by atoms with E-state index in [4.69, 9.17) is 9.42 Å². The molecule has 3 nitrogen and oxygen atoms in total. The highest BCUT2D eigenvalue weighted by Gasteiger charge is 2.31. The molecule has 1 aromatic carbocycles. The molecule has 0 spiro atoms. The van der Waals surface area contributed by atoms with Crippen LogP contribution in [0.15, 0.2) is 35.2 Å². The van der Waals surface area contributed by atoms with Gasteiger partial charge in [0.1, 0.15) is 0 Å². The van der Waals surface area contributed by atoms with Crippen molar-refractivity contribution < 1.29 is 14.0 Å². The van der Waals surface area contributed by atoms with Crippen molar-refractivity contribution in [1.82, 2.24) is 0 Å². The van der Waals surface area contributed by atoms with Crippen LogP contribution in [0.25, 0.3) is 0 Å². The summed E-state index contributed by atoms with van der Waals surface area (Å²) in [5.41, 5.74) is 0. The molecule has 0 saturated carbocycles. The van der Waals surface area contributed by atoms with Crippen LogP contribution in [-0.2, 0) is 9.09 Å². The van der Waals surface area contributed by atoms with Gasteiger partial charge in [-0.2, -0.15) is 0 Å². The summed E-state index contributed by atoms with van der Waals surface area (Å²) in [5.74, 6) is 0. The number of thioether (sulfide) groups is 1. The molecule has 0 heterocycles. The molecular formula is C9H12O3PS+.